The number of hydrogen-bond donors (Lipinski definition) is 0. The molecule has 0 bridgehead atoms. The predicted molar refractivity (Wildman–Crippen MR) is 141 cm³/mol. The molecule has 0 amide bonds. The first-order chi connectivity index (χ1) is 17.2. The van der Waals surface area contributed by atoms with E-state index >= 15 is 0 Å². The Morgan fingerprint density at radius 2 is 1.28 bits per heavy atom. The lowest BCUT2D eigenvalue weighted by Gasteiger charge is -2.11. The Morgan fingerprint density at radius 1 is 0.722 bits per heavy atom. The Morgan fingerprint density at radius 3 is 1.81 bits per heavy atom. The van der Waals surface area contributed by atoms with E-state index in [1.807, 2.05) is 31.2 Å². The minimum Gasteiger partial charge on any atom is -0.744 e. The van der Waals surface area contributed by atoms with Gasteiger partial charge in [-0.25, -0.2) is 13.2 Å². The number of benzene rings is 4. The molecule has 7 heteroatoms. The van der Waals surface area contributed by atoms with Crippen molar-refractivity contribution >= 4 is 32.0 Å². The topological polar surface area (TPSA) is 87.4 Å². The molecule has 0 N–H and O–H groups in total. The second-order valence-corrected chi connectivity index (χ2v) is 11.5. The highest BCUT2D eigenvalue weighted by molar-refractivity contribution is 7.97. The Hall–Kier alpha value is -3.65. The summed E-state index contributed by atoms with van der Waals surface area (Å²) in [5.74, 6) is 0. The summed E-state index contributed by atoms with van der Waals surface area (Å²) in [6, 6.07) is 34.1. The van der Waals surface area contributed by atoms with Gasteiger partial charge in [0.25, 0.3) is 0 Å². The number of hydrogen-bond acceptors (Lipinski definition) is 5. The first-order valence-electron chi connectivity index (χ1n) is 11.1. The van der Waals surface area contributed by atoms with Gasteiger partial charge in [-0.15, -0.1) is 0 Å². The first-order valence-corrected chi connectivity index (χ1v) is 13.8. The van der Waals surface area contributed by atoms with Crippen LogP contribution in [0.25, 0.3) is 11.0 Å². The molecule has 0 aliphatic rings. The molecule has 0 radical (unpaired) electrons. The van der Waals surface area contributed by atoms with Crippen LogP contribution in [0.4, 0.5) is 0 Å². The van der Waals surface area contributed by atoms with Crippen LogP contribution in [0.3, 0.4) is 0 Å². The third-order valence-corrected chi connectivity index (χ3v) is 8.62. The van der Waals surface area contributed by atoms with Crippen LogP contribution in [0, 0.1) is 13.8 Å². The second kappa shape index (κ2) is 11.0. The van der Waals surface area contributed by atoms with Crippen molar-refractivity contribution in [1.82, 2.24) is 0 Å². The third kappa shape index (κ3) is 6.12. The van der Waals surface area contributed by atoms with Gasteiger partial charge in [-0.05, 0) is 62.4 Å². The molecule has 0 atom stereocenters. The van der Waals surface area contributed by atoms with Gasteiger partial charge in [0.05, 0.1) is 15.8 Å². The predicted octanol–water partition coefficient (Wildman–Crippen LogP) is 6.10. The highest BCUT2D eigenvalue weighted by Crippen LogP contribution is 2.34. The highest BCUT2D eigenvalue weighted by Gasteiger charge is 2.30. The Labute approximate surface area is 213 Å². The lowest BCUT2D eigenvalue weighted by atomic mass is 10.1. The van der Waals surface area contributed by atoms with Crippen LogP contribution in [0.2, 0.25) is 0 Å². The quantitative estimate of drug-likeness (QED) is 0.164. The zero-order valence-corrected chi connectivity index (χ0v) is 21.4. The highest BCUT2D eigenvalue weighted by atomic mass is 32.2. The summed E-state index contributed by atoms with van der Waals surface area (Å²) < 4.78 is 36.6. The summed E-state index contributed by atoms with van der Waals surface area (Å²) >= 11 is 0. The summed E-state index contributed by atoms with van der Waals surface area (Å²) in [7, 11) is -4.52. The van der Waals surface area contributed by atoms with E-state index in [4.69, 9.17) is 4.42 Å². The minimum absolute atomic E-state index is 0.178. The molecule has 5 nitrogen and oxygen atoms in total. The van der Waals surface area contributed by atoms with Gasteiger partial charge in [0.15, 0.2) is 14.7 Å². The maximum absolute atomic E-state index is 11.6. The zero-order valence-electron chi connectivity index (χ0n) is 19.8. The Balaban J connectivity index is 0.000000233. The van der Waals surface area contributed by atoms with Crippen LogP contribution in [0.5, 0.6) is 0 Å². The summed E-state index contributed by atoms with van der Waals surface area (Å²) in [6.07, 6.45) is 0. The summed E-state index contributed by atoms with van der Waals surface area (Å²) in [6.45, 7) is 3.94. The van der Waals surface area contributed by atoms with Gasteiger partial charge in [-0.1, -0.05) is 54.1 Å². The number of aryl methyl sites for hydroxylation is 2. The molecular weight excluding hydrogens is 492 g/mol. The maximum atomic E-state index is 11.6. The van der Waals surface area contributed by atoms with E-state index in [0.717, 1.165) is 10.9 Å². The molecule has 5 rings (SSSR count). The van der Waals surface area contributed by atoms with Crippen molar-refractivity contribution in [3.05, 3.63) is 131 Å². The number of fused-ring (bicyclic) bond motifs is 1. The zero-order chi connectivity index (χ0) is 25.7. The van der Waals surface area contributed by atoms with Crippen LogP contribution in [0.15, 0.2) is 138 Å². The van der Waals surface area contributed by atoms with Gasteiger partial charge >= 0.3 is 5.63 Å². The minimum atomic E-state index is -4.27. The molecular formula is C29H24O5S2. The summed E-state index contributed by atoms with van der Waals surface area (Å²) in [5.41, 5.74) is 2.44. The molecule has 1 aromatic heterocycles. The van der Waals surface area contributed by atoms with E-state index in [1.54, 1.807) is 12.1 Å². The van der Waals surface area contributed by atoms with Gasteiger partial charge in [-0.2, -0.15) is 0 Å². The van der Waals surface area contributed by atoms with Crippen molar-refractivity contribution in [1.29, 1.82) is 0 Å². The average Bonchev–Trinajstić information content (AvgIpc) is 2.86. The van der Waals surface area contributed by atoms with E-state index in [9.17, 15) is 17.8 Å². The van der Waals surface area contributed by atoms with Crippen molar-refractivity contribution in [2.75, 3.05) is 0 Å². The van der Waals surface area contributed by atoms with Crippen LogP contribution in [0.1, 0.15) is 11.1 Å². The summed E-state index contributed by atoms with van der Waals surface area (Å²) in [5, 5.41) is 0.950. The normalized spacial score (nSPS) is 11.2. The van der Waals surface area contributed by atoms with Crippen molar-refractivity contribution in [3.63, 3.8) is 0 Å². The molecule has 0 spiro atoms. The van der Waals surface area contributed by atoms with Gasteiger partial charge in [0, 0.05) is 23.1 Å². The Bertz CT molecular complexity index is 1590. The maximum Gasteiger partial charge on any atom is 0.336 e. The van der Waals surface area contributed by atoms with Crippen molar-refractivity contribution in [3.8, 4) is 0 Å². The molecule has 4 aromatic carbocycles. The lowest BCUT2D eigenvalue weighted by molar-refractivity contribution is 0.463. The molecule has 0 aliphatic heterocycles. The Kier molecular flexibility index (Phi) is 7.74. The molecule has 0 aliphatic carbocycles. The summed E-state index contributed by atoms with van der Waals surface area (Å²) in [4.78, 5) is 15.1. The largest absolute Gasteiger partial charge is 0.744 e. The standard InChI is InChI=1S/C22H17O2S.C7H8O3S/c1-16-14-17-12-13-22(23)24-20(17)15-21(16)25(18-8-4-2-5-9-18)19-10-6-3-7-11-19;1-6-2-4-7(5-3-6)11(8,9)10/h2-15H,1H3;2-5H,1H3,(H,8,9,10)/q+1;/p-1. The fraction of sp³-hybridized carbons (Fsp3) is 0.0690. The van der Waals surface area contributed by atoms with E-state index in [2.05, 4.69) is 61.5 Å². The third-order valence-electron chi connectivity index (χ3n) is 5.40. The van der Waals surface area contributed by atoms with Crippen molar-refractivity contribution < 1.29 is 17.4 Å². The molecule has 0 unspecified atom stereocenters. The van der Waals surface area contributed by atoms with E-state index in [-0.39, 0.29) is 21.4 Å². The van der Waals surface area contributed by atoms with E-state index < -0.39 is 10.1 Å². The monoisotopic (exact) mass is 516 g/mol. The molecule has 0 saturated carbocycles. The SMILES string of the molecule is Cc1cc2ccc(=O)oc2cc1[S+](c1ccccc1)c1ccccc1.Cc1ccc(S(=O)(=O)[O-])cc1. The fourth-order valence-electron chi connectivity index (χ4n) is 3.64. The van der Waals surface area contributed by atoms with Gasteiger partial charge in [-0.3, -0.25) is 0 Å². The molecule has 5 aromatic rings. The average molecular weight is 517 g/mol. The van der Waals surface area contributed by atoms with Crippen LogP contribution in [-0.4, -0.2) is 13.0 Å². The molecule has 0 fully saturated rings. The molecule has 1 heterocycles. The van der Waals surface area contributed by atoms with Crippen LogP contribution in [-0.2, 0) is 21.0 Å². The molecule has 36 heavy (non-hydrogen) atoms. The lowest BCUT2D eigenvalue weighted by Crippen LogP contribution is -2.07. The smallest absolute Gasteiger partial charge is 0.336 e. The number of rotatable bonds is 4. The van der Waals surface area contributed by atoms with E-state index in [1.165, 1.54) is 38.4 Å². The van der Waals surface area contributed by atoms with Crippen LogP contribution >= 0.6 is 0 Å². The van der Waals surface area contributed by atoms with Gasteiger partial charge in [0.1, 0.15) is 15.7 Å². The molecule has 182 valence electrons. The van der Waals surface area contributed by atoms with Gasteiger partial charge in [0.2, 0.25) is 0 Å². The first kappa shape index (κ1) is 25.4. The van der Waals surface area contributed by atoms with E-state index in [0.29, 0.717) is 5.58 Å². The molecule has 0 saturated heterocycles. The van der Waals surface area contributed by atoms with Gasteiger partial charge < -0.3 is 8.97 Å². The van der Waals surface area contributed by atoms with Crippen LogP contribution < -0.4 is 5.63 Å². The van der Waals surface area contributed by atoms with Crippen molar-refractivity contribution in [2.45, 2.75) is 33.4 Å². The second-order valence-electron chi connectivity index (χ2n) is 8.11. The van der Waals surface area contributed by atoms with Crippen molar-refractivity contribution in [2.24, 2.45) is 0 Å². The fourth-order valence-corrected chi connectivity index (χ4v) is 6.35.